The van der Waals surface area contributed by atoms with Crippen LogP contribution in [0.4, 0.5) is 4.79 Å². The fraction of sp³-hybridized carbons (Fsp3) is 0.700. The molecule has 2 aliphatic rings. The summed E-state index contributed by atoms with van der Waals surface area (Å²) in [6.45, 7) is 12.7. The second-order valence-corrected chi connectivity index (χ2v) is 11.8. The number of rotatable bonds is 8. The molecule has 1 aromatic rings. The van der Waals surface area contributed by atoms with Gasteiger partial charge in [-0.2, -0.15) is 0 Å². The molecule has 1 aliphatic carbocycles. The normalized spacial score (nSPS) is 18.8. The van der Waals surface area contributed by atoms with Crippen molar-refractivity contribution in [1.82, 2.24) is 9.80 Å². The number of benzene rings is 1. The average Bonchev–Trinajstić information content (AvgIpc) is 2.86. The summed E-state index contributed by atoms with van der Waals surface area (Å²) in [7, 11) is 1.42. The fourth-order valence-corrected chi connectivity index (χ4v) is 6.02. The molecule has 1 heterocycles. The summed E-state index contributed by atoms with van der Waals surface area (Å²) in [5.41, 5.74) is 2.79. The molecule has 1 aromatic carbocycles. The summed E-state index contributed by atoms with van der Waals surface area (Å²) in [4.78, 5) is 41.1. The molecule has 7 heteroatoms. The molecule has 2 amide bonds. The van der Waals surface area contributed by atoms with Crippen LogP contribution in [0.1, 0.15) is 107 Å². The topological polar surface area (TPSA) is 76.2 Å². The van der Waals surface area contributed by atoms with Gasteiger partial charge < -0.3 is 19.3 Å². The van der Waals surface area contributed by atoms with Crippen molar-refractivity contribution in [3.63, 3.8) is 0 Å². The summed E-state index contributed by atoms with van der Waals surface area (Å²) in [6.07, 6.45) is 7.08. The van der Waals surface area contributed by atoms with E-state index >= 15 is 0 Å². The first-order valence-corrected chi connectivity index (χ1v) is 14.0. The van der Waals surface area contributed by atoms with Crippen LogP contribution >= 0.6 is 0 Å². The zero-order valence-electron chi connectivity index (χ0n) is 23.7. The lowest BCUT2D eigenvalue weighted by molar-refractivity contribution is -0.130. The third-order valence-corrected chi connectivity index (χ3v) is 8.04. The van der Waals surface area contributed by atoms with Gasteiger partial charge in [-0.1, -0.05) is 12.5 Å². The van der Waals surface area contributed by atoms with Crippen LogP contribution in [0.5, 0.6) is 0 Å². The van der Waals surface area contributed by atoms with Gasteiger partial charge in [0.2, 0.25) is 5.91 Å². The lowest BCUT2D eigenvalue weighted by atomic mass is 9.62. The van der Waals surface area contributed by atoms with E-state index in [1.807, 2.05) is 56.6 Å². The van der Waals surface area contributed by atoms with E-state index in [0.717, 1.165) is 58.0 Å². The quantitative estimate of drug-likeness (QED) is 0.317. The van der Waals surface area contributed by atoms with Crippen molar-refractivity contribution in [1.29, 1.82) is 0 Å². The molecule has 1 aliphatic heterocycles. The van der Waals surface area contributed by atoms with E-state index < -0.39 is 5.60 Å². The van der Waals surface area contributed by atoms with E-state index in [1.54, 1.807) is 0 Å². The van der Waals surface area contributed by atoms with E-state index in [-0.39, 0.29) is 23.4 Å². The summed E-state index contributed by atoms with van der Waals surface area (Å²) in [5, 5.41) is 0. The van der Waals surface area contributed by atoms with Crippen LogP contribution < -0.4 is 0 Å². The van der Waals surface area contributed by atoms with Crippen LogP contribution in [-0.4, -0.2) is 66.7 Å². The lowest BCUT2D eigenvalue weighted by Crippen LogP contribution is -2.47. The summed E-state index contributed by atoms with van der Waals surface area (Å²) >= 11 is 0. The first-order valence-electron chi connectivity index (χ1n) is 14.0. The minimum absolute atomic E-state index is 0.139. The summed E-state index contributed by atoms with van der Waals surface area (Å²) in [5.74, 6) is 0.246. The number of fused-ring (bicyclic) bond motifs is 1. The molecule has 0 bridgehead atoms. The van der Waals surface area contributed by atoms with Crippen molar-refractivity contribution in [3.8, 4) is 0 Å². The van der Waals surface area contributed by atoms with Gasteiger partial charge in [0.05, 0.1) is 12.7 Å². The van der Waals surface area contributed by atoms with Crippen molar-refractivity contribution in [2.75, 3.05) is 33.3 Å². The Kier molecular flexibility index (Phi) is 9.65. The molecule has 3 rings (SSSR count). The van der Waals surface area contributed by atoms with Gasteiger partial charge in [-0.3, -0.25) is 4.79 Å². The molecule has 1 spiro atoms. The SMILES string of the molecule is CCN(CC)C(=O)CCCCC1CC2(CCN(C(=O)OC(C)(C)C)CC2)Cc2ccc(C(=O)OC)cc21. The van der Waals surface area contributed by atoms with Gasteiger partial charge >= 0.3 is 12.1 Å². The van der Waals surface area contributed by atoms with E-state index in [4.69, 9.17) is 9.47 Å². The number of likely N-dealkylation sites (tertiary alicyclic amines) is 1. The number of nitrogens with zero attached hydrogens (tertiary/aromatic N) is 2. The molecule has 7 nitrogen and oxygen atoms in total. The smallest absolute Gasteiger partial charge is 0.410 e. The lowest BCUT2D eigenvalue weighted by Gasteiger charge is -2.47. The minimum atomic E-state index is -0.495. The molecule has 1 unspecified atom stereocenters. The molecule has 0 saturated carbocycles. The maximum absolute atomic E-state index is 12.6. The molecule has 1 fully saturated rings. The molecule has 0 N–H and O–H groups in total. The van der Waals surface area contributed by atoms with Crippen molar-refractivity contribution in [3.05, 3.63) is 34.9 Å². The zero-order chi connectivity index (χ0) is 27.2. The summed E-state index contributed by atoms with van der Waals surface area (Å²) in [6, 6.07) is 5.99. The standard InChI is InChI=1S/C30H46N2O5/c1-7-31(8-2)26(33)12-10-9-11-23-20-30(15-17-32(18-16-30)28(35)37-29(3,4)5)21-24-14-13-22(19-25(23)24)27(34)36-6/h13-14,19,23H,7-12,15-18,20-21H2,1-6H3. The van der Waals surface area contributed by atoms with Gasteiger partial charge in [-0.25, -0.2) is 9.59 Å². The Bertz CT molecular complexity index is 955. The Morgan fingerprint density at radius 2 is 1.76 bits per heavy atom. The molecule has 1 saturated heterocycles. The highest BCUT2D eigenvalue weighted by Crippen LogP contribution is 2.50. The van der Waals surface area contributed by atoms with Gasteiger partial charge in [-0.05, 0) is 108 Å². The maximum Gasteiger partial charge on any atom is 0.410 e. The molecule has 0 aromatic heterocycles. The number of ether oxygens (including phenoxy) is 2. The van der Waals surface area contributed by atoms with Gasteiger partial charge in [0.25, 0.3) is 0 Å². The Morgan fingerprint density at radius 3 is 2.35 bits per heavy atom. The van der Waals surface area contributed by atoms with Crippen molar-refractivity contribution < 1.29 is 23.9 Å². The minimum Gasteiger partial charge on any atom is -0.465 e. The number of piperidine rings is 1. The van der Waals surface area contributed by atoms with Crippen molar-refractivity contribution >= 4 is 18.0 Å². The monoisotopic (exact) mass is 514 g/mol. The first kappa shape index (κ1) is 29.0. The fourth-order valence-electron chi connectivity index (χ4n) is 6.02. The number of esters is 1. The molecule has 37 heavy (non-hydrogen) atoms. The van der Waals surface area contributed by atoms with Crippen molar-refractivity contribution in [2.24, 2.45) is 5.41 Å². The van der Waals surface area contributed by atoms with Gasteiger partial charge in [0.15, 0.2) is 0 Å². The summed E-state index contributed by atoms with van der Waals surface area (Å²) < 4.78 is 10.6. The Hall–Kier alpha value is -2.57. The van der Waals surface area contributed by atoms with Gasteiger partial charge in [0, 0.05) is 32.6 Å². The van der Waals surface area contributed by atoms with Crippen LogP contribution in [0.15, 0.2) is 18.2 Å². The number of unbranched alkanes of at least 4 members (excludes halogenated alkanes) is 1. The number of carbonyl (C=O) groups excluding carboxylic acids is 3. The number of amides is 2. The van der Waals surface area contributed by atoms with Gasteiger partial charge in [0.1, 0.15) is 5.60 Å². The van der Waals surface area contributed by atoms with Crippen LogP contribution in [0.25, 0.3) is 0 Å². The predicted molar refractivity (Wildman–Crippen MR) is 145 cm³/mol. The number of hydrogen-bond donors (Lipinski definition) is 0. The molecular formula is C30H46N2O5. The van der Waals surface area contributed by atoms with E-state index in [9.17, 15) is 14.4 Å². The second-order valence-electron chi connectivity index (χ2n) is 11.8. The van der Waals surface area contributed by atoms with E-state index in [2.05, 4.69) is 6.07 Å². The first-order chi connectivity index (χ1) is 17.5. The number of carbonyl (C=O) groups is 3. The van der Waals surface area contributed by atoms with Crippen LogP contribution in [0, 0.1) is 5.41 Å². The largest absolute Gasteiger partial charge is 0.465 e. The average molecular weight is 515 g/mol. The van der Waals surface area contributed by atoms with Crippen LogP contribution in [0.2, 0.25) is 0 Å². The molecular weight excluding hydrogens is 468 g/mol. The predicted octanol–water partition coefficient (Wildman–Crippen LogP) is 5.95. The molecule has 0 radical (unpaired) electrons. The van der Waals surface area contributed by atoms with E-state index in [0.29, 0.717) is 31.0 Å². The van der Waals surface area contributed by atoms with Crippen molar-refractivity contribution in [2.45, 2.75) is 97.5 Å². The van der Waals surface area contributed by atoms with Crippen LogP contribution in [-0.2, 0) is 20.7 Å². The highest BCUT2D eigenvalue weighted by Gasteiger charge is 2.42. The number of methoxy groups -OCH3 is 1. The number of hydrogen-bond acceptors (Lipinski definition) is 5. The van der Waals surface area contributed by atoms with Crippen LogP contribution in [0.3, 0.4) is 0 Å². The molecule has 1 atom stereocenters. The highest BCUT2D eigenvalue weighted by atomic mass is 16.6. The zero-order valence-corrected chi connectivity index (χ0v) is 23.7. The Labute approximate surface area is 222 Å². The third kappa shape index (κ3) is 7.48. The maximum atomic E-state index is 12.6. The third-order valence-electron chi connectivity index (χ3n) is 8.04. The Morgan fingerprint density at radius 1 is 1.08 bits per heavy atom. The molecule has 206 valence electrons. The second kappa shape index (κ2) is 12.3. The van der Waals surface area contributed by atoms with E-state index in [1.165, 1.54) is 18.2 Å². The van der Waals surface area contributed by atoms with Gasteiger partial charge in [-0.15, -0.1) is 0 Å². The Balaban J connectivity index is 1.72. The highest BCUT2D eigenvalue weighted by molar-refractivity contribution is 5.89.